The maximum atomic E-state index is 5.98. The second-order valence-electron chi connectivity index (χ2n) is 5.21. The molecule has 0 unspecified atom stereocenters. The smallest absolute Gasteiger partial charge is 0.142 e. The largest absolute Gasteiger partial charge is 0.391 e. The van der Waals surface area contributed by atoms with Gasteiger partial charge in [0, 0.05) is 21.7 Å². The van der Waals surface area contributed by atoms with Gasteiger partial charge in [0.05, 0.1) is 16.3 Å². The third-order valence-electron chi connectivity index (χ3n) is 3.31. The zero-order chi connectivity index (χ0) is 18.4. The molecule has 132 valence electrons. The highest BCUT2D eigenvalue weighted by molar-refractivity contribution is 7.99. The first-order valence-corrected chi connectivity index (χ1v) is 9.54. The van der Waals surface area contributed by atoms with Crippen LogP contribution in [0.4, 0.5) is 0 Å². The van der Waals surface area contributed by atoms with Crippen LogP contribution in [0.3, 0.4) is 0 Å². The molecule has 0 bridgehead atoms. The summed E-state index contributed by atoms with van der Waals surface area (Å²) in [6, 6.07) is 16.7. The average Bonchev–Trinajstić information content (AvgIpc) is 2.65. The van der Waals surface area contributed by atoms with Gasteiger partial charge in [-0.15, -0.1) is 0 Å². The molecule has 0 amide bonds. The third-order valence-corrected chi connectivity index (χ3v) is 5.34. The number of oxime groups is 1. The van der Waals surface area contributed by atoms with Gasteiger partial charge in [0.25, 0.3) is 0 Å². The molecule has 0 spiro atoms. The second kappa shape index (κ2) is 9.28. The molecule has 1 aromatic heterocycles. The van der Waals surface area contributed by atoms with Gasteiger partial charge in [0.1, 0.15) is 11.6 Å². The van der Waals surface area contributed by atoms with E-state index in [0.717, 1.165) is 21.0 Å². The Kier molecular flexibility index (Phi) is 6.80. The van der Waals surface area contributed by atoms with Crippen LogP contribution >= 0.6 is 46.6 Å². The highest BCUT2D eigenvalue weighted by Gasteiger charge is 2.05. The van der Waals surface area contributed by atoms with E-state index in [1.165, 1.54) is 11.8 Å². The monoisotopic (exact) mass is 422 g/mol. The Hall–Kier alpha value is -1.72. The fraction of sp³-hybridized carbons (Fsp3) is 0.0526. The van der Waals surface area contributed by atoms with E-state index in [4.69, 9.17) is 39.6 Å². The van der Waals surface area contributed by atoms with E-state index in [0.29, 0.717) is 21.7 Å². The average molecular weight is 424 g/mol. The molecule has 3 nitrogen and oxygen atoms in total. The zero-order valence-corrected chi connectivity index (χ0v) is 16.5. The lowest BCUT2D eigenvalue weighted by atomic mass is 10.2. The highest BCUT2D eigenvalue weighted by Crippen LogP contribution is 2.29. The summed E-state index contributed by atoms with van der Waals surface area (Å²) in [6.07, 6.45) is 3.38. The Morgan fingerprint density at radius 3 is 2.58 bits per heavy atom. The van der Waals surface area contributed by atoms with Crippen molar-refractivity contribution in [3.05, 3.63) is 87.0 Å². The predicted octanol–water partition coefficient (Wildman–Crippen LogP) is 6.74. The van der Waals surface area contributed by atoms with E-state index >= 15 is 0 Å². The van der Waals surface area contributed by atoms with E-state index in [1.54, 1.807) is 24.5 Å². The first-order valence-electron chi connectivity index (χ1n) is 7.59. The van der Waals surface area contributed by atoms with Crippen LogP contribution in [0.25, 0.3) is 0 Å². The van der Waals surface area contributed by atoms with E-state index in [2.05, 4.69) is 10.1 Å². The number of pyridine rings is 1. The molecular formula is C19H13Cl3N2OS. The summed E-state index contributed by atoms with van der Waals surface area (Å²) in [4.78, 5) is 10.8. The minimum atomic E-state index is 0.299. The molecule has 0 radical (unpaired) electrons. The van der Waals surface area contributed by atoms with Crippen LogP contribution in [0, 0.1) is 0 Å². The Morgan fingerprint density at radius 1 is 1.00 bits per heavy atom. The number of nitrogens with zero attached hydrogens (tertiary/aromatic N) is 2. The Bertz CT molecular complexity index is 917. The number of halogens is 3. The molecule has 0 N–H and O–H groups in total. The number of benzene rings is 2. The maximum Gasteiger partial charge on any atom is 0.142 e. The number of hydrogen-bond acceptors (Lipinski definition) is 4. The van der Waals surface area contributed by atoms with Crippen molar-refractivity contribution in [3.8, 4) is 0 Å². The minimum Gasteiger partial charge on any atom is -0.391 e. The molecule has 3 aromatic rings. The summed E-state index contributed by atoms with van der Waals surface area (Å²) < 4.78 is 0. The van der Waals surface area contributed by atoms with Crippen LogP contribution in [0.1, 0.15) is 11.1 Å². The summed E-state index contributed by atoms with van der Waals surface area (Å²) in [7, 11) is 0. The summed E-state index contributed by atoms with van der Waals surface area (Å²) in [6.45, 7) is 0.299. The molecule has 1 heterocycles. The molecule has 2 aromatic carbocycles. The molecule has 26 heavy (non-hydrogen) atoms. The lowest BCUT2D eigenvalue weighted by molar-refractivity contribution is 0.132. The summed E-state index contributed by atoms with van der Waals surface area (Å²) in [5, 5.41) is 6.57. The van der Waals surface area contributed by atoms with Crippen molar-refractivity contribution in [1.82, 2.24) is 4.98 Å². The van der Waals surface area contributed by atoms with Gasteiger partial charge in [0.2, 0.25) is 0 Å². The topological polar surface area (TPSA) is 34.5 Å². The van der Waals surface area contributed by atoms with Gasteiger partial charge in [-0.1, -0.05) is 57.8 Å². The molecular weight excluding hydrogens is 411 g/mol. The Labute approximate surface area is 170 Å². The molecule has 0 saturated heterocycles. The minimum absolute atomic E-state index is 0.299. The molecule has 0 saturated carbocycles. The predicted molar refractivity (Wildman–Crippen MR) is 109 cm³/mol. The Morgan fingerprint density at radius 2 is 1.81 bits per heavy atom. The van der Waals surface area contributed by atoms with Crippen LogP contribution in [-0.2, 0) is 11.4 Å². The fourth-order valence-electron chi connectivity index (χ4n) is 2.04. The third kappa shape index (κ3) is 5.39. The SMILES string of the molecule is Clc1ccc(Sc2ncccc2/C=N/OCc2ccc(Cl)c(Cl)c2)cc1. The highest BCUT2D eigenvalue weighted by atomic mass is 35.5. The van der Waals surface area contributed by atoms with E-state index in [9.17, 15) is 0 Å². The summed E-state index contributed by atoms with van der Waals surface area (Å²) in [5.41, 5.74) is 1.75. The first kappa shape index (κ1) is 19.1. The molecule has 3 rings (SSSR count). The van der Waals surface area contributed by atoms with Crippen molar-refractivity contribution in [2.45, 2.75) is 16.5 Å². The van der Waals surface area contributed by atoms with Crippen molar-refractivity contribution in [2.75, 3.05) is 0 Å². The summed E-state index contributed by atoms with van der Waals surface area (Å²) >= 11 is 19.3. The van der Waals surface area contributed by atoms with Crippen LogP contribution < -0.4 is 0 Å². The second-order valence-corrected chi connectivity index (χ2v) is 7.52. The maximum absolute atomic E-state index is 5.98. The van der Waals surface area contributed by atoms with Gasteiger partial charge in [-0.25, -0.2) is 4.98 Å². The van der Waals surface area contributed by atoms with Gasteiger partial charge in [-0.2, -0.15) is 0 Å². The quantitative estimate of drug-likeness (QED) is 0.325. The lowest BCUT2D eigenvalue weighted by Crippen LogP contribution is -1.92. The van der Waals surface area contributed by atoms with Gasteiger partial charge in [0.15, 0.2) is 0 Å². The molecule has 7 heteroatoms. The van der Waals surface area contributed by atoms with Crippen molar-refractivity contribution < 1.29 is 4.84 Å². The Balaban J connectivity index is 1.64. The molecule has 0 aliphatic rings. The van der Waals surface area contributed by atoms with Gasteiger partial charge in [-0.3, -0.25) is 0 Å². The van der Waals surface area contributed by atoms with E-state index in [-0.39, 0.29) is 0 Å². The van der Waals surface area contributed by atoms with E-state index in [1.807, 2.05) is 42.5 Å². The van der Waals surface area contributed by atoms with Crippen LogP contribution in [0.2, 0.25) is 15.1 Å². The summed E-state index contributed by atoms with van der Waals surface area (Å²) in [5.74, 6) is 0. The normalized spacial score (nSPS) is 11.0. The lowest BCUT2D eigenvalue weighted by Gasteiger charge is -2.05. The van der Waals surface area contributed by atoms with Gasteiger partial charge >= 0.3 is 0 Å². The number of hydrogen-bond donors (Lipinski definition) is 0. The zero-order valence-electron chi connectivity index (χ0n) is 13.4. The standard InChI is InChI=1S/C19H13Cl3N2OS/c20-15-4-6-16(7-5-15)26-19-14(2-1-9-23-19)11-24-25-12-13-3-8-17(21)18(22)10-13/h1-11H,12H2/b24-11+. The van der Waals surface area contributed by atoms with Crippen LogP contribution in [0.15, 0.2) is 75.9 Å². The van der Waals surface area contributed by atoms with Crippen molar-refractivity contribution >= 4 is 52.8 Å². The van der Waals surface area contributed by atoms with Gasteiger partial charge in [-0.05, 0) is 54.1 Å². The fourth-order valence-corrected chi connectivity index (χ4v) is 3.33. The van der Waals surface area contributed by atoms with Crippen molar-refractivity contribution in [3.63, 3.8) is 0 Å². The number of aromatic nitrogens is 1. The first-order chi connectivity index (χ1) is 12.6. The van der Waals surface area contributed by atoms with Crippen molar-refractivity contribution in [2.24, 2.45) is 5.16 Å². The van der Waals surface area contributed by atoms with E-state index < -0.39 is 0 Å². The van der Waals surface area contributed by atoms with Crippen molar-refractivity contribution in [1.29, 1.82) is 0 Å². The van der Waals surface area contributed by atoms with Crippen LogP contribution in [0.5, 0.6) is 0 Å². The molecule has 0 aliphatic carbocycles. The number of rotatable bonds is 6. The molecule has 0 aliphatic heterocycles. The molecule has 0 fully saturated rings. The molecule has 0 atom stereocenters. The van der Waals surface area contributed by atoms with Gasteiger partial charge < -0.3 is 4.84 Å². The van der Waals surface area contributed by atoms with Crippen LogP contribution in [-0.4, -0.2) is 11.2 Å².